The SMILES string of the molecule is O=S1CC#C/C=C\C#CCC1. The van der Waals surface area contributed by atoms with E-state index in [2.05, 4.69) is 23.7 Å². The largest absolute Gasteiger partial charge is 0.259 e. The maximum Gasteiger partial charge on any atom is 0.0851 e. The zero-order valence-corrected chi connectivity index (χ0v) is 6.91. The van der Waals surface area contributed by atoms with Gasteiger partial charge in [-0.15, -0.1) is 0 Å². The summed E-state index contributed by atoms with van der Waals surface area (Å²) in [5.41, 5.74) is 0. The van der Waals surface area contributed by atoms with Crippen LogP contribution in [0.25, 0.3) is 0 Å². The van der Waals surface area contributed by atoms with E-state index < -0.39 is 10.8 Å². The molecule has 1 unspecified atom stereocenters. The van der Waals surface area contributed by atoms with Crippen LogP contribution in [0.1, 0.15) is 6.42 Å². The summed E-state index contributed by atoms with van der Waals surface area (Å²) in [7, 11) is -0.798. The molecule has 0 N–H and O–H groups in total. The third kappa shape index (κ3) is 3.65. The number of hydrogen-bond donors (Lipinski definition) is 0. The molecule has 0 bridgehead atoms. The van der Waals surface area contributed by atoms with E-state index in [0.29, 0.717) is 17.9 Å². The normalized spacial score (nSPS) is 25.3. The Balaban J connectivity index is 2.65. The van der Waals surface area contributed by atoms with Crippen molar-refractivity contribution < 1.29 is 4.21 Å². The van der Waals surface area contributed by atoms with Crippen molar-refractivity contribution in [3.05, 3.63) is 12.2 Å². The topological polar surface area (TPSA) is 17.1 Å². The summed E-state index contributed by atoms with van der Waals surface area (Å²) in [5.74, 6) is 12.4. The highest BCUT2D eigenvalue weighted by atomic mass is 32.2. The highest BCUT2D eigenvalue weighted by Crippen LogP contribution is 1.87. The Hall–Kier alpha value is -0.990. The molecule has 2 heteroatoms. The van der Waals surface area contributed by atoms with Gasteiger partial charge >= 0.3 is 0 Å². The molecular formula is C9H8OS. The third-order valence-corrected chi connectivity index (χ3v) is 2.27. The lowest BCUT2D eigenvalue weighted by atomic mass is 10.4. The molecule has 1 nitrogen and oxygen atoms in total. The maximum absolute atomic E-state index is 11.0. The van der Waals surface area contributed by atoms with Crippen molar-refractivity contribution in [3.8, 4) is 23.7 Å². The fourth-order valence-electron chi connectivity index (χ4n) is 0.633. The van der Waals surface area contributed by atoms with Crippen molar-refractivity contribution in [2.75, 3.05) is 11.5 Å². The van der Waals surface area contributed by atoms with Gasteiger partial charge in [0.1, 0.15) is 0 Å². The van der Waals surface area contributed by atoms with E-state index in [9.17, 15) is 4.21 Å². The maximum atomic E-state index is 11.0. The van der Waals surface area contributed by atoms with Crippen LogP contribution in [0.2, 0.25) is 0 Å². The van der Waals surface area contributed by atoms with E-state index in [-0.39, 0.29) is 0 Å². The van der Waals surface area contributed by atoms with Crippen molar-refractivity contribution >= 4 is 10.8 Å². The predicted octanol–water partition coefficient (Wildman–Crippen LogP) is 0.702. The van der Waals surface area contributed by atoms with Gasteiger partial charge in [-0.05, 0) is 12.2 Å². The average molecular weight is 164 g/mol. The smallest absolute Gasteiger partial charge is 0.0851 e. The summed E-state index contributed by atoms with van der Waals surface area (Å²) in [6.45, 7) is 0. The fourth-order valence-corrected chi connectivity index (χ4v) is 1.35. The summed E-state index contributed by atoms with van der Waals surface area (Å²) in [4.78, 5) is 0. The summed E-state index contributed by atoms with van der Waals surface area (Å²) < 4.78 is 11.0. The van der Waals surface area contributed by atoms with Crippen LogP contribution in [0.15, 0.2) is 12.2 Å². The molecule has 0 radical (unpaired) electrons. The first-order valence-corrected chi connectivity index (χ1v) is 4.85. The highest BCUT2D eigenvalue weighted by molar-refractivity contribution is 7.85. The standard InChI is InChI=1S/C9H8OS/c10-11-8-6-4-2-1-3-5-7-9-11/h1-2H,7-9H2/b2-1-. The molecule has 1 atom stereocenters. The minimum absolute atomic E-state index is 0.478. The zero-order valence-electron chi connectivity index (χ0n) is 6.09. The van der Waals surface area contributed by atoms with E-state index in [1.165, 1.54) is 0 Å². The average Bonchev–Trinajstić information content (AvgIpc) is 2.03. The lowest BCUT2D eigenvalue weighted by Gasteiger charge is -1.90. The summed E-state index contributed by atoms with van der Waals surface area (Å²) in [6.07, 6.45) is 4.12. The minimum Gasteiger partial charge on any atom is -0.259 e. The summed E-state index contributed by atoms with van der Waals surface area (Å²) in [5, 5.41) is 0. The molecule has 0 saturated heterocycles. The lowest BCUT2D eigenvalue weighted by molar-refractivity contribution is 0.685. The van der Waals surface area contributed by atoms with E-state index in [0.717, 1.165) is 0 Å². The number of hydrogen-bond acceptors (Lipinski definition) is 1. The second-order valence-corrected chi connectivity index (χ2v) is 3.59. The molecule has 0 aromatic rings. The second kappa shape index (κ2) is 4.77. The quantitative estimate of drug-likeness (QED) is 0.482. The third-order valence-electron chi connectivity index (χ3n) is 1.14. The van der Waals surface area contributed by atoms with Crippen molar-refractivity contribution in [3.63, 3.8) is 0 Å². The Bertz CT molecular complexity index is 293. The van der Waals surface area contributed by atoms with Gasteiger partial charge in [0, 0.05) is 23.0 Å². The monoisotopic (exact) mass is 164 g/mol. The second-order valence-electron chi connectivity index (χ2n) is 2.01. The van der Waals surface area contributed by atoms with Gasteiger partial charge in [0.05, 0.1) is 5.75 Å². The first-order chi connectivity index (χ1) is 5.39. The molecule has 0 aromatic heterocycles. The van der Waals surface area contributed by atoms with Crippen LogP contribution in [0.5, 0.6) is 0 Å². The molecular weight excluding hydrogens is 156 g/mol. The van der Waals surface area contributed by atoms with E-state index in [1.807, 2.05) is 0 Å². The Labute approximate surface area is 69.3 Å². The molecule has 56 valence electrons. The first-order valence-electron chi connectivity index (χ1n) is 3.36. The summed E-state index contributed by atoms with van der Waals surface area (Å²) >= 11 is 0. The van der Waals surface area contributed by atoms with Crippen LogP contribution in [0.4, 0.5) is 0 Å². The van der Waals surface area contributed by atoms with Crippen molar-refractivity contribution in [2.45, 2.75) is 6.42 Å². The fraction of sp³-hybridized carbons (Fsp3) is 0.333. The Morgan fingerprint density at radius 2 is 1.91 bits per heavy atom. The van der Waals surface area contributed by atoms with Crippen LogP contribution in [0.3, 0.4) is 0 Å². The highest BCUT2D eigenvalue weighted by Gasteiger charge is 1.93. The molecule has 0 aliphatic carbocycles. The molecule has 1 aliphatic rings. The van der Waals surface area contributed by atoms with Gasteiger partial charge in [0.2, 0.25) is 0 Å². The molecule has 0 aromatic carbocycles. The Morgan fingerprint density at radius 1 is 1.18 bits per heavy atom. The molecule has 1 heterocycles. The predicted molar refractivity (Wildman–Crippen MR) is 47.2 cm³/mol. The van der Waals surface area contributed by atoms with Crippen LogP contribution in [-0.2, 0) is 10.8 Å². The van der Waals surface area contributed by atoms with Crippen LogP contribution < -0.4 is 0 Å². The van der Waals surface area contributed by atoms with Gasteiger partial charge in [-0.1, -0.05) is 23.7 Å². The summed E-state index contributed by atoms with van der Waals surface area (Å²) in [6, 6.07) is 0. The van der Waals surface area contributed by atoms with Crippen LogP contribution in [0, 0.1) is 23.7 Å². The Morgan fingerprint density at radius 3 is 2.73 bits per heavy atom. The Kier molecular flexibility index (Phi) is 3.52. The molecule has 1 aliphatic heterocycles. The van der Waals surface area contributed by atoms with Gasteiger partial charge in [0.15, 0.2) is 0 Å². The van der Waals surface area contributed by atoms with Crippen molar-refractivity contribution in [1.29, 1.82) is 0 Å². The first kappa shape index (κ1) is 8.11. The zero-order chi connectivity index (χ0) is 7.94. The molecule has 0 saturated carbocycles. The van der Waals surface area contributed by atoms with Crippen LogP contribution >= 0.6 is 0 Å². The van der Waals surface area contributed by atoms with Crippen molar-refractivity contribution in [1.82, 2.24) is 0 Å². The molecule has 1 rings (SSSR count). The lowest BCUT2D eigenvalue weighted by Crippen LogP contribution is -1.99. The van der Waals surface area contributed by atoms with Gasteiger partial charge in [-0.3, -0.25) is 4.21 Å². The molecule has 0 fully saturated rings. The van der Waals surface area contributed by atoms with Gasteiger partial charge in [-0.2, -0.15) is 0 Å². The van der Waals surface area contributed by atoms with Crippen molar-refractivity contribution in [2.24, 2.45) is 0 Å². The van der Waals surface area contributed by atoms with E-state index >= 15 is 0 Å². The van der Waals surface area contributed by atoms with Crippen LogP contribution in [-0.4, -0.2) is 15.7 Å². The van der Waals surface area contributed by atoms with Gasteiger partial charge < -0.3 is 0 Å². The van der Waals surface area contributed by atoms with E-state index in [4.69, 9.17) is 0 Å². The van der Waals surface area contributed by atoms with Gasteiger partial charge in [-0.25, -0.2) is 0 Å². The molecule has 0 amide bonds. The van der Waals surface area contributed by atoms with Gasteiger partial charge in [0.25, 0.3) is 0 Å². The number of rotatable bonds is 0. The number of allylic oxidation sites excluding steroid dienone is 2. The molecule has 11 heavy (non-hydrogen) atoms. The minimum atomic E-state index is -0.798. The van der Waals surface area contributed by atoms with E-state index in [1.54, 1.807) is 12.2 Å². The molecule has 0 spiro atoms.